The quantitative estimate of drug-likeness (QED) is 0.628. The molecular formula is C20H20N2O2S. The third kappa shape index (κ3) is 4.90. The zero-order valence-electron chi connectivity index (χ0n) is 14.2. The summed E-state index contributed by atoms with van der Waals surface area (Å²) in [7, 11) is 0. The van der Waals surface area contributed by atoms with Crippen molar-refractivity contribution >= 4 is 28.5 Å². The van der Waals surface area contributed by atoms with Gasteiger partial charge in [-0.25, -0.2) is 4.98 Å². The maximum Gasteiger partial charge on any atom is 0.250 e. The monoisotopic (exact) mass is 352 g/mol. The number of carbonyl (C=O) groups is 1. The van der Waals surface area contributed by atoms with Crippen molar-refractivity contribution in [2.24, 2.45) is 0 Å². The predicted molar refractivity (Wildman–Crippen MR) is 102 cm³/mol. The number of benzene rings is 1. The molecule has 0 spiro atoms. The van der Waals surface area contributed by atoms with Crippen LogP contribution in [0.3, 0.4) is 0 Å². The lowest BCUT2D eigenvalue weighted by Crippen LogP contribution is -2.06. The third-order valence-electron chi connectivity index (χ3n) is 3.75. The van der Waals surface area contributed by atoms with Gasteiger partial charge in [0.05, 0.1) is 6.26 Å². The van der Waals surface area contributed by atoms with Crippen LogP contribution in [0.1, 0.15) is 41.5 Å². The fourth-order valence-corrected chi connectivity index (χ4v) is 3.21. The van der Waals surface area contributed by atoms with Crippen LogP contribution in [0.5, 0.6) is 0 Å². The number of aromatic nitrogens is 1. The molecule has 0 aliphatic rings. The molecule has 0 fully saturated rings. The summed E-state index contributed by atoms with van der Waals surface area (Å²) in [6.07, 6.45) is 7.25. The Hall–Kier alpha value is -2.66. The number of thiazole rings is 1. The molecular weight excluding hydrogens is 332 g/mol. The molecule has 3 rings (SSSR count). The van der Waals surface area contributed by atoms with Crippen LogP contribution in [0, 0.1) is 0 Å². The van der Waals surface area contributed by atoms with Gasteiger partial charge < -0.3 is 4.42 Å². The maximum absolute atomic E-state index is 11.9. The summed E-state index contributed by atoms with van der Waals surface area (Å²) in [6, 6.07) is 12.2. The summed E-state index contributed by atoms with van der Waals surface area (Å²) in [5.74, 6) is 0.951. The molecule has 4 nitrogen and oxygen atoms in total. The van der Waals surface area contributed by atoms with E-state index in [0.717, 1.165) is 11.3 Å². The minimum absolute atomic E-state index is 0.224. The van der Waals surface area contributed by atoms with E-state index in [4.69, 9.17) is 4.42 Å². The van der Waals surface area contributed by atoms with Crippen LogP contribution in [0.15, 0.2) is 59.4 Å². The average Bonchev–Trinajstić information content (AvgIpc) is 3.25. The number of nitrogens with one attached hydrogen (secondary N) is 1. The average molecular weight is 352 g/mol. The van der Waals surface area contributed by atoms with Crippen LogP contribution in [-0.4, -0.2) is 10.9 Å². The van der Waals surface area contributed by atoms with Crippen LogP contribution >= 0.6 is 11.3 Å². The lowest BCUT2D eigenvalue weighted by Gasteiger charge is -2.06. The second-order valence-electron chi connectivity index (χ2n) is 6.04. The lowest BCUT2D eigenvalue weighted by molar-refractivity contribution is -0.111. The fraction of sp³-hybridized carbons (Fsp3) is 0.200. The summed E-state index contributed by atoms with van der Waals surface area (Å²) >= 11 is 1.49. The van der Waals surface area contributed by atoms with Crippen molar-refractivity contribution in [1.29, 1.82) is 0 Å². The second kappa shape index (κ2) is 7.94. The Balaban J connectivity index is 1.57. The van der Waals surface area contributed by atoms with E-state index in [2.05, 4.69) is 48.4 Å². The standard InChI is InChI=1S/C20H20N2O2S/c1-14(2)16-7-5-15(6-8-16)12-18-13-21-20(25-18)22-19(23)10-9-17-4-3-11-24-17/h3-11,13-14H,12H2,1-2H3,(H,21,22,23). The first kappa shape index (κ1) is 17.2. The molecule has 0 aliphatic carbocycles. The van der Waals surface area contributed by atoms with Gasteiger partial charge in [-0.05, 0) is 35.3 Å². The second-order valence-corrected chi connectivity index (χ2v) is 7.16. The van der Waals surface area contributed by atoms with Gasteiger partial charge in [0.15, 0.2) is 5.13 Å². The molecule has 0 unspecified atom stereocenters. The summed E-state index contributed by atoms with van der Waals surface area (Å²) < 4.78 is 5.15. The Morgan fingerprint density at radius 2 is 2.08 bits per heavy atom. The first-order valence-corrected chi connectivity index (χ1v) is 8.98. The summed E-state index contributed by atoms with van der Waals surface area (Å²) in [6.45, 7) is 4.38. The highest BCUT2D eigenvalue weighted by atomic mass is 32.1. The van der Waals surface area contributed by atoms with Gasteiger partial charge in [0.25, 0.3) is 0 Å². The first-order chi connectivity index (χ1) is 12.1. The molecule has 2 aromatic heterocycles. The smallest absolute Gasteiger partial charge is 0.250 e. The van der Waals surface area contributed by atoms with Crippen LogP contribution in [-0.2, 0) is 11.2 Å². The van der Waals surface area contributed by atoms with Gasteiger partial charge in [-0.15, -0.1) is 11.3 Å². The predicted octanol–water partition coefficient (Wildman–Crippen LogP) is 5.10. The highest BCUT2D eigenvalue weighted by molar-refractivity contribution is 7.15. The van der Waals surface area contributed by atoms with E-state index >= 15 is 0 Å². The Labute approximate surface area is 151 Å². The molecule has 0 saturated heterocycles. The fourth-order valence-electron chi connectivity index (χ4n) is 2.36. The van der Waals surface area contributed by atoms with Crippen LogP contribution in [0.25, 0.3) is 6.08 Å². The van der Waals surface area contributed by atoms with E-state index in [1.807, 2.05) is 6.20 Å². The Kier molecular flexibility index (Phi) is 5.46. The van der Waals surface area contributed by atoms with E-state index in [9.17, 15) is 4.79 Å². The molecule has 0 atom stereocenters. The topological polar surface area (TPSA) is 55.1 Å². The van der Waals surface area contributed by atoms with Crippen LogP contribution in [0.2, 0.25) is 0 Å². The highest BCUT2D eigenvalue weighted by Gasteiger charge is 2.06. The molecule has 0 saturated carbocycles. The Bertz CT molecular complexity index is 846. The zero-order valence-corrected chi connectivity index (χ0v) is 15.0. The van der Waals surface area contributed by atoms with E-state index in [1.165, 1.54) is 28.5 Å². The van der Waals surface area contributed by atoms with Gasteiger partial charge in [0.2, 0.25) is 5.91 Å². The van der Waals surface area contributed by atoms with Crippen LogP contribution in [0.4, 0.5) is 5.13 Å². The Morgan fingerprint density at radius 3 is 2.76 bits per heavy atom. The Morgan fingerprint density at radius 1 is 1.28 bits per heavy atom. The lowest BCUT2D eigenvalue weighted by atomic mass is 10.0. The van der Waals surface area contributed by atoms with Crippen molar-refractivity contribution in [2.75, 3.05) is 5.32 Å². The molecule has 0 aliphatic heterocycles. The minimum atomic E-state index is -0.224. The van der Waals surface area contributed by atoms with Gasteiger partial charge in [-0.2, -0.15) is 0 Å². The largest absolute Gasteiger partial charge is 0.465 e. The molecule has 5 heteroatoms. The summed E-state index contributed by atoms with van der Waals surface area (Å²) in [5.41, 5.74) is 2.58. The van der Waals surface area contributed by atoms with Gasteiger partial charge >= 0.3 is 0 Å². The molecule has 0 radical (unpaired) electrons. The molecule has 0 bridgehead atoms. The number of carbonyl (C=O) groups excluding carboxylic acids is 1. The van der Waals surface area contributed by atoms with E-state index in [-0.39, 0.29) is 5.91 Å². The molecule has 2 heterocycles. The van der Waals surface area contributed by atoms with E-state index < -0.39 is 0 Å². The highest BCUT2D eigenvalue weighted by Crippen LogP contribution is 2.22. The van der Waals surface area contributed by atoms with Crippen molar-refractivity contribution in [1.82, 2.24) is 4.98 Å². The third-order valence-corrected chi connectivity index (χ3v) is 4.66. The number of anilines is 1. The van der Waals surface area contributed by atoms with Gasteiger partial charge in [0, 0.05) is 23.6 Å². The number of hydrogen-bond donors (Lipinski definition) is 1. The molecule has 128 valence electrons. The zero-order chi connectivity index (χ0) is 17.6. The first-order valence-electron chi connectivity index (χ1n) is 8.16. The van der Waals surface area contributed by atoms with Gasteiger partial charge in [-0.1, -0.05) is 38.1 Å². The van der Waals surface area contributed by atoms with E-state index in [1.54, 1.807) is 24.5 Å². The number of rotatable bonds is 6. The maximum atomic E-state index is 11.9. The summed E-state index contributed by atoms with van der Waals surface area (Å²) in [5, 5.41) is 3.37. The van der Waals surface area contributed by atoms with Gasteiger partial charge in [-0.3, -0.25) is 10.1 Å². The van der Waals surface area contributed by atoms with Crippen molar-refractivity contribution in [3.05, 3.63) is 76.7 Å². The molecule has 3 aromatic rings. The number of amides is 1. The number of hydrogen-bond acceptors (Lipinski definition) is 4. The molecule has 1 N–H and O–H groups in total. The molecule has 1 aromatic carbocycles. The molecule has 25 heavy (non-hydrogen) atoms. The molecule has 1 amide bonds. The van der Waals surface area contributed by atoms with Crippen molar-refractivity contribution in [2.45, 2.75) is 26.2 Å². The normalized spacial score (nSPS) is 11.3. The number of nitrogens with zero attached hydrogens (tertiary/aromatic N) is 1. The number of furan rings is 1. The van der Waals surface area contributed by atoms with Crippen molar-refractivity contribution in [3.8, 4) is 0 Å². The summed E-state index contributed by atoms with van der Waals surface area (Å²) in [4.78, 5) is 17.3. The van der Waals surface area contributed by atoms with E-state index in [0.29, 0.717) is 16.8 Å². The minimum Gasteiger partial charge on any atom is -0.465 e. The SMILES string of the molecule is CC(C)c1ccc(Cc2cnc(NC(=O)C=Cc3ccco3)s2)cc1. The van der Waals surface area contributed by atoms with Crippen molar-refractivity contribution < 1.29 is 9.21 Å². The van der Waals surface area contributed by atoms with Gasteiger partial charge in [0.1, 0.15) is 5.76 Å². The van der Waals surface area contributed by atoms with Crippen molar-refractivity contribution in [3.63, 3.8) is 0 Å². The van der Waals surface area contributed by atoms with Crippen LogP contribution < -0.4 is 5.32 Å².